The number of carbonyl (C=O) groups is 4. The first kappa shape index (κ1) is 25.2. The van der Waals surface area contributed by atoms with Gasteiger partial charge in [0.1, 0.15) is 5.75 Å². The molecule has 4 atom stereocenters. The smallest absolute Gasteiger partial charge is 0.303 e. The van der Waals surface area contributed by atoms with E-state index in [0.717, 1.165) is 0 Å². The van der Waals surface area contributed by atoms with E-state index in [1.165, 1.54) is 20.8 Å². The molecule has 180 valence electrons. The van der Waals surface area contributed by atoms with Crippen LogP contribution >= 0.6 is 11.6 Å². The minimum Gasteiger partial charge on any atom is -0.461 e. The summed E-state index contributed by atoms with van der Waals surface area (Å²) in [6.45, 7) is 3.39. The van der Waals surface area contributed by atoms with E-state index < -0.39 is 42.5 Å². The lowest BCUT2D eigenvalue weighted by Crippen LogP contribution is -2.59. The van der Waals surface area contributed by atoms with E-state index >= 15 is 0 Å². The lowest BCUT2D eigenvalue weighted by atomic mass is 10.0. The number of hydrogen-bond donors (Lipinski definition) is 0. The van der Waals surface area contributed by atoms with Gasteiger partial charge in [-0.25, -0.2) is 0 Å². The van der Waals surface area contributed by atoms with Gasteiger partial charge in [0.25, 0.3) is 0 Å². The van der Waals surface area contributed by atoms with E-state index in [9.17, 15) is 19.2 Å². The van der Waals surface area contributed by atoms with Crippen LogP contribution in [0.25, 0.3) is 0 Å². The second-order valence-corrected chi connectivity index (χ2v) is 7.91. The number of hydrogen-bond acceptors (Lipinski definition) is 9. The van der Waals surface area contributed by atoms with Gasteiger partial charge in [-0.1, -0.05) is 11.6 Å². The van der Waals surface area contributed by atoms with E-state index in [4.69, 9.17) is 35.3 Å². The monoisotopic (exact) mass is 490 g/mol. The van der Waals surface area contributed by atoms with Crippen molar-refractivity contribution in [1.29, 1.82) is 0 Å². The summed E-state index contributed by atoms with van der Waals surface area (Å²) in [5.41, 5.74) is 0.896. The second-order valence-electron chi connectivity index (χ2n) is 7.48. The molecule has 2 aromatic carbocycles. The molecule has 34 heavy (non-hydrogen) atoms. The van der Waals surface area contributed by atoms with Crippen LogP contribution in [0, 0.1) is 0 Å². The molecule has 0 N–H and O–H groups in total. The zero-order valence-corrected chi connectivity index (χ0v) is 19.4. The molecule has 1 aliphatic heterocycles. The van der Waals surface area contributed by atoms with Gasteiger partial charge >= 0.3 is 17.9 Å². The number of ketones is 1. The Morgan fingerprint density at radius 2 is 1.26 bits per heavy atom. The van der Waals surface area contributed by atoms with Crippen LogP contribution in [0.1, 0.15) is 36.7 Å². The molecular formula is C24H23ClO9. The summed E-state index contributed by atoms with van der Waals surface area (Å²) in [6, 6.07) is 12.8. The van der Waals surface area contributed by atoms with Crippen molar-refractivity contribution in [2.75, 3.05) is 6.61 Å². The van der Waals surface area contributed by atoms with Crippen molar-refractivity contribution in [3.8, 4) is 5.75 Å². The van der Waals surface area contributed by atoms with Crippen molar-refractivity contribution in [2.24, 2.45) is 0 Å². The predicted octanol–water partition coefficient (Wildman–Crippen LogP) is 3.10. The molecule has 0 bridgehead atoms. The Kier molecular flexibility index (Phi) is 8.25. The summed E-state index contributed by atoms with van der Waals surface area (Å²) in [7, 11) is 0. The molecule has 0 amide bonds. The van der Waals surface area contributed by atoms with Crippen LogP contribution in [0.15, 0.2) is 48.5 Å². The molecule has 0 aliphatic carbocycles. The lowest BCUT2D eigenvalue weighted by molar-refractivity contribution is -0.259. The van der Waals surface area contributed by atoms with Crippen LogP contribution in [0.5, 0.6) is 5.75 Å². The van der Waals surface area contributed by atoms with Crippen LogP contribution in [0.3, 0.4) is 0 Å². The molecule has 0 spiro atoms. The molecule has 10 heteroatoms. The number of ether oxygens (including phenoxy) is 5. The van der Waals surface area contributed by atoms with Crippen molar-refractivity contribution in [2.45, 2.75) is 45.4 Å². The zero-order valence-electron chi connectivity index (χ0n) is 18.7. The zero-order chi connectivity index (χ0) is 24.8. The maximum atomic E-state index is 12.6. The Hall–Kier alpha value is -3.43. The van der Waals surface area contributed by atoms with Crippen molar-refractivity contribution < 1.29 is 42.9 Å². The van der Waals surface area contributed by atoms with Crippen LogP contribution < -0.4 is 4.74 Å². The fourth-order valence-corrected chi connectivity index (χ4v) is 3.52. The predicted molar refractivity (Wildman–Crippen MR) is 118 cm³/mol. The number of rotatable bonds is 7. The van der Waals surface area contributed by atoms with E-state index in [-0.39, 0.29) is 12.4 Å². The van der Waals surface area contributed by atoms with Gasteiger partial charge in [0, 0.05) is 36.9 Å². The molecule has 2 aromatic rings. The third-order valence-corrected chi connectivity index (χ3v) is 5.03. The van der Waals surface area contributed by atoms with Crippen molar-refractivity contribution in [1.82, 2.24) is 0 Å². The van der Waals surface area contributed by atoms with Gasteiger partial charge in [0.2, 0.25) is 12.4 Å². The molecule has 0 radical (unpaired) electrons. The van der Waals surface area contributed by atoms with Crippen molar-refractivity contribution >= 4 is 35.3 Å². The molecule has 1 aliphatic rings. The van der Waals surface area contributed by atoms with Gasteiger partial charge in [-0.2, -0.15) is 0 Å². The number of carbonyl (C=O) groups excluding carboxylic acids is 4. The normalized spacial score (nSPS) is 21.8. The van der Waals surface area contributed by atoms with Crippen LogP contribution in [0.4, 0.5) is 0 Å². The highest BCUT2D eigenvalue weighted by Crippen LogP contribution is 2.27. The maximum Gasteiger partial charge on any atom is 0.303 e. The Balaban J connectivity index is 1.78. The van der Waals surface area contributed by atoms with E-state index in [0.29, 0.717) is 21.9 Å². The van der Waals surface area contributed by atoms with Crippen LogP contribution in [-0.4, -0.2) is 54.9 Å². The highest BCUT2D eigenvalue weighted by Gasteiger charge is 2.48. The van der Waals surface area contributed by atoms with Crippen LogP contribution in [-0.2, 0) is 33.3 Å². The SMILES string of the molecule is CC(=O)O[C@@H]1[C@@H](OC(C)=O)[C@@H](Oc2ccc(C(=O)c3ccc(Cl)cc3)cc2)OC[C@H]1OC(C)=O. The summed E-state index contributed by atoms with van der Waals surface area (Å²) in [5.74, 6) is -1.85. The first-order valence-corrected chi connectivity index (χ1v) is 10.7. The quantitative estimate of drug-likeness (QED) is 0.328. The first-order chi connectivity index (χ1) is 16.1. The summed E-state index contributed by atoms with van der Waals surface area (Å²) in [6.07, 6.45) is -4.52. The molecule has 0 saturated carbocycles. The minimum absolute atomic E-state index is 0.160. The van der Waals surface area contributed by atoms with Gasteiger partial charge in [0.15, 0.2) is 18.0 Å². The molecular weight excluding hydrogens is 468 g/mol. The second kappa shape index (κ2) is 11.1. The fraction of sp³-hybridized carbons (Fsp3) is 0.333. The van der Waals surface area contributed by atoms with Gasteiger partial charge in [-0.15, -0.1) is 0 Å². The molecule has 0 unspecified atom stereocenters. The third kappa shape index (κ3) is 6.55. The largest absolute Gasteiger partial charge is 0.461 e. The average Bonchev–Trinajstić information content (AvgIpc) is 2.77. The minimum atomic E-state index is -1.21. The van der Waals surface area contributed by atoms with E-state index in [1.807, 2.05) is 0 Å². The molecule has 3 rings (SSSR count). The third-order valence-electron chi connectivity index (χ3n) is 4.78. The highest BCUT2D eigenvalue weighted by molar-refractivity contribution is 6.30. The summed E-state index contributed by atoms with van der Waals surface area (Å²) in [4.78, 5) is 47.5. The fourth-order valence-electron chi connectivity index (χ4n) is 3.40. The number of esters is 3. The van der Waals surface area contributed by atoms with Crippen molar-refractivity contribution in [3.63, 3.8) is 0 Å². The van der Waals surface area contributed by atoms with Gasteiger partial charge in [-0.05, 0) is 48.5 Å². The van der Waals surface area contributed by atoms with Gasteiger partial charge in [0.05, 0.1) is 6.61 Å². The first-order valence-electron chi connectivity index (χ1n) is 10.3. The Morgan fingerprint density at radius 1 is 0.765 bits per heavy atom. The van der Waals surface area contributed by atoms with Gasteiger partial charge in [-0.3, -0.25) is 19.2 Å². The number of benzene rings is 2. The van der Waals surface area contributed by atoms with E-state index in [1.54, 1.807) is 48.5 Å². The maximum absolute atomic E-state index is 12.6. The topological polar surface area (TPSA) is 114 Å². The Morgan fingerprint density at radius 3 is 1.79 bits per heavy atom. The standard InChI is InChI=1S/C24H23ClO9/c1-13(26)31-20-12-30-24(23(33-15(3)28)22(20)32-14(2)27)34-19-10-6-17(7-11-19)21(29)16-4-8-18(25)9-5-16/h4-11,20,22-24H,12H2,1-3H3/t20-,22+,23-,24-/m1/s1. The number of halogens is 1. The van der Waals surface area contributed by atoms with Crippen LogP contribution in [0.2, 0.25) is 5.02 Å². The Bertz CT molecular complexity index is 1050. The molecule has 1 saturated heterocycles. The molecule has 0 aromatic heterocycles. The summed E-state index contributed by atoms with van der Waals surface area (Å²) in [5, 5.41) is 0.526. The van der Waals surface area contributed by atoms with Crippen molar-refractivity contribution in [3.05, 3.63) is 64.7 Å². The lowest BCUT2D eigenvalue weighted by Gasteiger charge is -2.40. The van der Waals surface area contributed by atoms with Gasteiger partial charge < -0.3 is 23.7 Å². The molecule has 1 fully saturated rings. The van der Waals surface area contributed by atoms with E-state index in [2.05, 4.69) is 0 Å². The summed E-state index contributed by atoms with van der Waals surface area (Å²) < 4.78 is 27.2. The average molecular weight is 491 g/mol. The highest BCUT2D eigenvalue weighted by atomic mass is 35.5. The summed E-state index contributed by atoms with van der Waals surface area (Å²) >= 11 is 5.87. The molecule has 9 nitrogen and oxygen atoms in total. The molecule has 1 heterocycles. The Labute approximate surface area is 200 Å².